The molecule has 0 fully saturated rings. The minimum atomic E-state index is 0.690. The van der Waals surface area contributed by atoms with Crippen molar-refractivity contribution in [2.75, 3.05) is 0 Å². The summed E-state index contributed by atoms with van der Waals surface area (Å²) in [7, 11) is 0. The summed E-state index contributed by atoms with van der Waals surface area (Å²) in [5.74, 6) is 0. The molecular formula is C42H30N4. The first-order chi connectivity index (χ1) is 22.8. The Labute approximate surface area is 266 Å². The maximum atomic E-state index is 4.78. The van der Waals surface area contributed by atoms with Gasteiger partial charge in [-0.25, -0.2) is 0 Å². The maximum Gasteiger partial charge on any atom is 0.0698 e. The zero-order valence-corrected chi connectivity index (χ0v) is 25.2. The molecule has 4 heteroatoms. The van der Waals surface area contributed by atoms with Gasteiger partial charge in [0.1, 0.15) is 0 Å². The molecule has 0 saturated carbocycles. The molecule has 0 N–H and O–H groups in total. The summed E-state index contributed by atoms with van der Waals surface area (Å²) in [5, 5.41) is 19.5. The molecule has 7 aromatic carbocycles. The van der Waals surface area contributed by atoms with Gasteiger partial charge in [0.05, 0.1) is 24.5 Å². The summed E-state index contributed by atoms with van der Waals surface area (Å²) in [6.45, 7) is 1.38. The van der Waals surface area contributed by atoms with Gasteiger partial charge in [-0.1, -0.05) is 121 Å². The van der Waals surface area contributed by atoms with E-state index in [-0.39, 0.29) is 0 Å². The zero-order valence-electron chi connectivity index (χ0n) is 25.2. The van der Waals surface area contributed by atoms with E-state index in [9.17, 15) is 0 Å². The fraction of sp³-hybridized carbons (Fsp3) is 0.0476. The Balaban J connectivity index is 1.04. The smallest absolute Gasteiger partial charge is 0.0698 e. The van der Waals surface area contributed by atoms with E-state index in [1.807, 2.05) is 12.4 Å². The first-order valence-electron chi connectivity index (χ1n) is 15.7. The monoisotopic (exact) mass is 590 g/mol. The second-order valence-electron chi connectivity index (χ2n) is 12.0. The van der Waals surface area contributed by atoms with Gasteiger partial charge >= 0.3 is 0 Å². The summed E-state index contributed by atoms with van der Waals surface area (Å²) in [5.41, 5.74) is 7.13. The van der Waals surface area contributed by atoms with Crippen LogP contribution in [0.4, 0.5) is 0 Å². The van der Waals surface area contributed by atoms with Gasteiger partial charge in [-0.3, -0.25) is 9.36 Å². The first kappa shape index (κ1) is 26.4. The molecule has 0 saturated heterocycles. The van der Waals surface area contributed by atoms with Crippen molar-refractivity contribution >= 4 is 43.1 Å². The number of rotatable bonds is 6. The third kappa shape index (κ3) is 4.46. The van der Waals surface area contributed by atoms with Gasteiger partial charge < -0.3 is 0 Å². The summed E-state index contributed by atoms with van der Waals surface area (Å²) in [6.07, 6.45) is 3.83. The van der Waals surface area contributed by atoms with Crippen LogP contribution < -0.4 is 0 Å². The van der Waals surface area contributed by atoms with E-state index < -0.39 is 0 Å². The van der Waals surface area contributed by atoms with E-state index in [4.69, 9.17) is 10.2 Å². The van der Waals surface area contributed by atoms with Crippen LogP contribution in [0.15, 0.2) is 158 Å². The van der Waals surface area contributed by atoms with E-state index in [1.165, 1.54) is 65.3 Å². The van der Waals surface area contributed by atoms with Crippen molar-refractivity contribution in [3.8, 4) is 22.5 Å². The van der Waals surface area contributed by atoms with E-state index in [0.29, 0.717) is 13.1 Å². The van der Waals surface area contributed by atoms with Crippen molar-refractivity contribution < 1.29 is 0 Å². The lowest BCUT2D eigenvalue weighted by Crippen LogP contribution is -2.06. The average Bonchev–Trinajstić information content (AvgIpc) is 3.76. The van der Waals surface area contributed by atoms with Gasteiger partial charge in [0, 0.05) is 23.5 Å². The van der Waals surface area contributed by atoms with Crippen LogP contribution in [-0.2, 0) is 13.1 Å². The third-order valence-electron chi connectivity index (χ3n) is 9.18. The standard InChI is InChI=1S/C42H30N4/c1-5-13-35-31(9-1)25-32-10-2-6-14-36(32)41(35)39-21-23-43-45(39)27-29-17-19-30(20-18-29)28-46-40(22-24-44-46)42-37-15-7-3-11-33(37)26-34-12-4-8-16-38(34)42/h1-26H,27-28H2. The normalized spacial score (nSPS) is 11.7. The lowest BCUT2D eigenvalue weighted by Gasteiger charge is -2.15. The number of benzene rings is 7. The van der Waals surface area contributed by atoms with Gasteiger partial charge in [0.2, 0.25) is 0 Å². The molecular weight excluding hydrogens is 560 g/mol. The molecule has 0 spiro atoms. The van der Waals surface area contributed by atoms with E-state index in [2.05, 4.69) is 155 Å². The van der Waals surface area contributed by atoms with Gasteiger partial charge in [0.25, 0.3) is 0 Å². The highest BCUT2D eigenvalue weighted by Gasteiger charge is 2.16. The molecule has 9 aromatic rings. The minimum Gasteiger partial charge on any atom is -0.260 e. The average molecular weight is 591 g/mol. The van der Waals surface area contributed by atoms with Crippen LogP contribution in [0, 0.1) is 0 Å². The SMILES string of the molecule is c1ccc2c(-c3ccnn3Cc3ccc(Cn4nccc4-c4c5ccccc5cc5ccccc45)cc3)c3ccccc3cc2c1. The third-order valence-corrected chi connectivity index (χ3v) is 9.18. The van der Waals surface area contributed by atoms with Crippen molar-refractivity contribution in [1.29, 1.82) is 0 Å². The molecule has 218 valence electrons. The highest BCUT2D eigenvalue weighted by Crippen LogP contribution is 2.38. The van der Waals surface area contributed by atoms with E-state index in [1.54, 1.807) is 0 Å². The second kappa shape index (κ2) is 10.9. The minimum absolute atomic E-state index is 0.690. The van der Waals surface area contributed by atoms with E-state index >= 15 is 0 Å². The molecule has 0 aliphatic heterocycles. The summed E-state index contributed by atoms with van der Waals surface area (Å²) >= 11 is 0. The zero-order chi connectivity index (χ0) is 30.5. The van der Waals surface area contributed by atoms with Crippen molar-refractivity contribution in [2.24, 2.45) is 0 Å². The summed E-state index contributed by atoms with van der Waals surface area (Å²) in [4.78, 5) is 0. The quantitative estimate of drug-likeness (QED) is 0.181. The van der Waals surface area contributed by atoms with Gasteiger partial charge in [-0.2, -0.15) is 10.2 Å². The molecule has 0 radical (unpaired) electrons. The van der Waals surface area contributed by atoms with Gasteiger partial charge in [0.15, 0.2) is 0 Å². The molecule has 0 bridgehead atoms. The Bertz CT molecular complexity index is 2250. The lowest BCUT2D eigenvalue weighted by molar-refractivity contribution is 0.687. The lowest BCUT2D eigenvalue weighted by atomic mass is 9.94. The fourth-order valence-corrected chi connectivity index (χ4v) is 7.02. The number of nitrogens with zero attached hydrogens (tertiary/aromatic N) is 4. The predicted octanol–water partition coefficient (Wildman–Crippen LogP) is 10.1. The first-order valence-corrected chi connectivity index (χ1v) is 15.7. The molecule has 0 atom stereocenters. The van der Waals surface area contributed by atoms with Crippen molar-refractivity contribution in [2.45, 2.75) is 13.1 Å². The molecule has 0 unspecified atom stereocenters. The molecule has 0 aliphatic rings. The number of hydrogen-bond donors (Lipinski definition) is 0. The molecule has 9 rings (SSSR count). The molecule has 0 aliphatic carbocycles. The Hall–Kier alpha value is -6.00. The second-order valence-corrected chi connectivity index (χ2v) is 12.0. The van der Waals surface area contributed by atoms with Crippen LogP contribution in [0.25, 0.3) is 65.6 Å². The highest BCUT2D eigenvalue weighted by atomic mass is 15.3. The van der Waals surface area contributed by atoms with E-state index in [0.717, 1.165) is 11.4 Å². The van der Waals surface area contributed by atoms with Gasteiger partial charge in [-0.15, -0.1) is 0 Å². The molecule has 4 nitrogen and oxygen atoms in total. The summed E-state index contributed by atoms with van der Waals surface area (Å²) < 4.78 is 4.25. The largest absolute Gasteiger partial charge is 0.260 e. The molecule has 2 aromatic heterocycles. The predicted molar refractivity (Wildman–Crippen MR) is 190 cm³/mol. The van der Waals surface area contributed by atoms with Crippen LogP contribution in [0.2, 0.25) is 0 Å². The number of fused-ring (bicyclic) bond motifs is 4. The van der Waals surface area contributed by atoms with Crippen LogP contribution in [-0.4, -0.2) is 19.6 Å². The topological polar surface area (TPSA) is 35.6 Å². The van der Waals surface area contributed by atoms with Crippen LogP contribution in [0.3, 0.4) is 0 Å². The van der Waals surface area contributed by atoms with Crippen molar-refractivity contribution in [3.63, 3.8) is 0 Å². The molecule has 46 heavy (non-hydrogen) atoms. The molecule has 0 amide bonds. The number of aromatic nitrogens is 4. The molecule has 2 heterocycles. The fourth-order valence-electron chi connectivity index (χ4n) is 7.02. The Morgan fingerprint density at radius 3 is 1.04 bits per heavy atom. The van der Waals surface area contributed by atoms with Crippen LogP contribution in [0.1, 0.15) is 11.1 Å². The van der Waals surface area contributed by atoms with Crippen LogP contribution >= 0.6 is 0 Å². The Morgan fingerprint density at radius 1 is 0.370 bits per heavy atom. The van der Waals surface area contributed by atoms with Crippen LogP contribution in [0.5, 0.6) is 0 Å². The Morgan fingerprint density at radius 2 is 0.696 bits per heavy atom. The maximum absolute atomic E-state index is 4.78. The Kier molecular flexibility index (Phi) is 6.24. The van der Waals surface area contributed by atoms with Crippen molar-refractivity contribution in [1.82, 2.24) is 19.6 Å². The highest BCUT2D eigenvalue weighted by molar-refractivity contribution is 6.13. The number of hydrogen-bond acceptors (Lipinski definition) is 2. The van der Waals surface area contributed by atoms with Gasteiger partial charge in [-0.05, 0) is 78.5 Å². The summed E-state index contributed by atoms with van der Waals surface area (Å²) in [6, 6.07) is 52.3. The van der Waals surface area contributed by atoms with Crippen molar-refractivity contribution in [3.05, 3.63) is 169 Å².